The predicted molar refractivity (Wildman–Crippen MR) is 53.7 cm³/mol. The van der Waals surface area contributed by atoms with Crippen molar-refractivity contribution < 1.29 is 5.11 Å². The lowest BCUT2D eigenvalue weighted by Crippen LogP contribution is -2.44. The quantitative estimate of drug-likeness (QED) is 0.600. The van der Waals surface area contributed by atoms with Gasteiger partial charge in [-0.3, -0.25) is 4.68 Å². The van der Waals surface area contributed by atoms with Crippen molar-refractivity contribution in [3.8, 4) is 0 Å². The van der Waals surface area contributed by atoms with Gasteiger partial charge in [0.05, 0.1) is 24.0 Å². The second-order valence-electron chi connectivity index (χ2n) is 3.95. The van der Waals surface area contributed by atoms with E-state index in [1.54, 1.807) is 17.1 Å². The Morgan fingerprint density at radius 2 is 2.29 bits per heavy atom. The van der Waals surface area contributed by atoms with Crippen LogP contribution in [-0.4, -0.2) is 33.6 Å². The molecule has 2 rings (SSSR count). The highest BCUT2D eigenvalue weighted by Crippen LogP contribution is 2.20. The second-order valence-corrected chi connectivity index (χ2v) is 3.95. The van der Waals surface area contributed by atoms with Gasteiger partial charge >= 0.3 is 0 Å². The number of anilines is 1. The molecule has 0 aliphatic carbocycles. The van der Waals surface area contributed by atoms with Crippen molar-refractivity contribution in [3.05, 3.63) is 12.4 Å². The van der Waals surface area contributed by atoms with Crippen molar-refractivity contribution in [1.82, 2.24) is 15.1 Å². The first-order valence-corrected chi connectivity index (χ1v) is 4.89. The number of hydrogen-bond donors (Lipinski definition) is 3. The molecule has 78 valence electrons. The van der Waals surface area contributed by atoms with E-state index in [9.17, 15) is 5.11 Å². The van der Waals surface area contributed by atoms with Gasteiger partial charge in [0.2, 0.25) is 0 Å². The number of piperidine rings is 1. The summed E-state index contributed by atoms with van der Waals surface area (Å²) in [6.07, 6.45) is 4.89. The first-order chi connectivity index (χ1) is 6.68. The first-order valence-electron chi connectivity index (χ1n) is 4.89. The van der Waals surface area contributed by atoms with Gasteiger partial charge in [-0.1, -0.05) is 0 Å². The Hall–Kier alpha value is -1.07. The van der Waals surface area contributed by atoms with Gasteiger partial charge in [-0.25, -0.2) is 0 Å². The molecule has 0 amide bonds. The fraction of sp³-hybridized carbons (Fsp3) is 0.667. The second kappa shape index (κ2) is 3.59. The number of nitrogen functional groups attached to an aromatic ring is 1. The van der Waals surface area contributed by atoms with Crippen LogP contribution in [0.2, 0.25) is 0 Å². The molecule has 5 nitrogen and oxygen atoms in total. The van der Waals surface area contributed by atoms with Gasteiger partial charge in [-0.05, 0) is 25.9 Å². The average Bonchev–Trinajstić information content (AvgIpc) is 2.51. The van der Waals surface area contributed by atoms with E-state index in [-0.39, 0.29) is 0 Å². The van der Waals surface area contributed by atoms with Gasteiger partial charge in [0.25, 0.3) is 0 Å². The molecule has 14 heavy (non-hydrogen) atoms. The Kier molecular flexibility index (Phi) is 2.43. The first kappa shape index (κ1) is 9.48. The molecule has 0 spiro atoms. The Balaban J connectivity index is 2.01. The third-order valence-electron chi connectivity index (χ3n) is 2.64. The monoisotopic (exact) mass is 196 g/mol. The number of nitrogens with two attached hydrogens (primary N) is 1. The zero-order chi connectivity index (χ0) is 10.0. The molecule has 5 heteroatoms. The van der Waals surface area contributed by atoms with E-state index in [1.807, 2.05) is 0 Å². The van der Waals surface area contributed by atoms with E-state index in [0.717, 1.165) is 25.9 Å². The molecule has 1 aliphatic rings. The summed E-state index contributed by atoms with van der Waals surface area (Å²) in [6.45, 7) is 2.27. The van der Waals surface area contributed by atoms with Crippen LogP contribution in [0.1, 0.15) is 12.8 Å². The average molecular weight is 196 g/mol. The molecule has 1 fully saturated rings. The molecule has 0 radical (unpaired) electrons. The van der Waals surface area contributed by atoms with Crippen molar-refractivity contribution in [1.29, 1.82) is 0 Å². The lowest BCUT2D eigenvalue weighted by Gasteiger charge is -2.32. The molecule has 0 bridgehead atoms. The smallest absolute Gasteiger partial charge is 0.0866 e. The highest BCUT2D eigenvalue weighted by Gasteiger charge is 2.29. The van der Waals surface area contributed by atoms with Crippen molar-refractivity contribution in [2.24, 2.45) is 0 Å². The molecule has 4 N–H and O–H groups in total. The Morgan fingerprint density at radius 3 is 2.86 bits per heavy atom. The number of hydrogen-bond acceptors (Lipinski definition) is 4. The van der Waals surface area contributed by atoms with Crippen molar-refractivity contribution in [2.75, 3.05) is 18.8 Å². The van der Waals surface area contributed by atoms with E-state index < -0.39 is 5.60 Å². The highest BCUT2D eigenvalue weighted by molar-refractivity contribution is 5.30. The number of rotatable bonds is 2. The van der Waals surface area contributed by atoms with Gasteiger partial charge in [0, 0.05) is 6.20 Å². The Morgan fingerprint density at radius 1 is 1.57 bits per heavy atom. The summed E-state index contributed by atoms with van der Waals surface area (Å²) in [5.41, 5.74) is 5.57. The van der Waals surface area contributed by atoms with Crippen LogP contribution in [0.3, 0.4) is 0 Å². The van der Waals surface area contributed by atoms with Crippen molar-refractivity contribution in [3.63, 3.8) is 0 Å². The zero-order valence-electron chi connectivity index (χ0n) is 8.11. The normalized spacial score (nSPS) is 20.9. The summed E-state index contributed by atoms with van der Waals surface area (Å²) in [6, 6.07) is 0. The molecule has 1 aromatic heterocycles. The summed E-state index contributed by atoms with van der Waals surface area (Å²) >= 11 is 0. The topological polar surface area (TPSA) is 76.1 Å². The Bertz CT molecular complexity index is 304. The molecular formula is C9H16N4O. The number of nitrogens with one attached hydrogen (secondary N) is 1. The van der Waals surface area contributed by atoms with Crippen molar-refractivity contribution in [2.45, 2.75) is 25.0 Å². The number of aromatic nitrogens is 2. The van der Waals surface area contributed by atoms with Crippen LogP contribution >= 0.6 is 0 Å². The molecular weight excluding hydrogens is 180 g/mol. The largest absolute Gasteiger partial charge is 0.396 e. The van der Waals surface area contributed by atoms with E-state index >= 15 is 0 Å². The van der Waals surface area contributed by atoms with Gasteiger partial charge in [-0.15, -0.1) is 0 Å². The molecule has 0 saturated carbocycles. The van der Waals surface area contributed by atoms with Crippen LogP contribution in [0.25, 0.3) is 0 Å². The number of aliphatic hydroxyl groups is 1. The third-order valence-corrected chi connectivity index (χ3v) is 2.64. The van der Waals surface area contributed by atoms with E-state index in [0.29, 0.717) is 12.2 Å². The van der Waals surface area contributed by atoms with E-state index in [4.69, 9.17) is 5.73 Å². The lowest BCUT2D eigenvalue weighted by atomic mass is 9.92. The predicted octanol–water partition coefficient (Wildman–Crippen LogP) is -0.420. The van der Waals surface area contributed by atoms with E-state index in [1.165, 1.54) is 0 Å². The van der Waals surface area contributed by atoms with Crippen LogP contribution in [0, 0.1) is 0 Å². The molecule has 1 saturated heterocycles. The van der Waals surface area contributed by atoms with Crippen LogP contribution < -0.4 is 11.1 Å². The fourth-order valence-corrected chi connectivity index (χ4v) is 1.82. The lowest BCUT2D eigenvalue weighted by molar-refractivity contribution is -0.00820. The zero-order valence-corrected chi connectivity index (χ0v) is 8.11. The standard InChI is InChI=1S/C9H16N4O/c10-8-5-12-13(6-8)7-9(14)1-3-11-4-2-9/h5-6,11,14H,1-4,7,10H2. The molecule has 0 aromatic carbocycles. The number of nitrogens with zero attached hydrogens (tertiary/aromatic N) is 2. The summed E-state index contributed by atoms with van der Waals surface area (Å²) in [4.78, 5) is 0. The molecule has 0 atom stereocenters. The van der Waals surface area contributed by atoms with Crippen molar-refractivity contribution >= 4 is 5.69 Å². The SMILES string of the molecule is Nc1cnn(CC2(O)CCNCC2)c1. The molecule has 0 unspecified atom stereocenters. The summed E-state index contributed by atoms with van der Waals surface area (Å²) in [7, 11) is 0. The van der Waals surface area contributed by atoms with Gasteiger partial charge in [-0.2, -0.15) is 5.10 Å². The fourth-order valence-electron chi connectivity index (χ4n) is 1.82. The summed E-state index contributed by atoms with van der Waals surface area (Å²) in [5.74, 6) is 0. The maximum Gasteiger partial charge on any atom is 0.0866 e. The minimum absolute atomic E-state index is 0.534. The molecule has 2 heterocycles. The minimum atomic E-state index is -0.621. The molecule has 1 aliphatic heterocycles. The Labute approximate surface area is 82.9 Å². The summed E-state index contributed by atoms with van der Waals surface area (Å²) < 4.78 is 1.71. The van der Waals surface area contributed by atoms with Gasteiger partial charge < -0.3 is 16.2 Å². The van der Waals surface area contributed by atoms with Crippen LogP contribution in [0.4, 0.5) is 5.69 Å². The van der Waals surface area contributed by atoms with Crippen LogP contribution in [-0.2, 0) is 6.54 Å². The van der Waals surface area contributed by atoms with Crippen LogP contribution in [0.15, 0.2) is 12.4 Å². The summed E-state index contributed by atoms with van der Waals surface area (Å²) in [5, 5.41) is 17.5. The van der Waals surface area contributed by atoms with Gasteiger partial charge in [0.1, 0.15) is 0 Å². The highest BCUT2D eigenvalue weighted by atomic mass is 16.3. The minimum Gasteiger partial charge on any atom is -0.396 e. The van der Waals surface area contributed by atoms with Gasteiger partial charge in [0.15, 0.2) is 0 Å². The maximum atomic E-state index is 10.2. The maximum absolute atomic E-state index is 10.2. The van der Waals surface area contributed by atoms with Crippen LogP contribution in [0.5, 0.6) is 0 Å². The molecule has 1 aromatic rings. The van der Waals surface area contributed by atoms with E-state index in [2.05, 4.69) is 10.4 Å². The third kappa shape index (κ3) is 2.05.